The fourth-order valence-corrected chi connectivity index (χ4v) is 3.57. The normalized spacial score (nSPS) is 15.8. The summed E-state index contributed by atoms with van der Waals surface area (Å²) in [6.07, 6.45) is 7.27. The van der Waals surface area contributed by atoms with Crippen LogP contribution >= 0.6 is 0 Å². The Labute approximate surface area is 164 Å². The Morgan fingerprint density at radius 3 is 2.64 bits per heavy atom. The summed E-state index contributed by atoms with van der Waals surface area (Å²) in [6.45, 7) is 4.65. The first-order valence-corrected chi connectivity index (χ1v) is 9.50. The predicted molar refractivity (Wildman–Crippen MR) is 105 cm³/mol. The summed E-state index contributed by atoms with van der Waals surface area (Å²) in [5.74, 6) is 0.897. The number of ether oxygens (including phenoxy) is 1. The van der Waals surface area contributed by atoms with Gasteiger partial charge < -0.3 is 10.1 Å². The number of rotatable bonds is 7. The van der Waals surface area contributed by atoms with Crippen molar-refractivity contribution in [3.05, 3.63) is 60.2 Å². The first-order valence-electron chi connectivity index (χ1n) is 9.50. The Bertz CT molecular complexity index is 955. The monoisotopic (exact) mass is 379 g/mol. The van der Waals surface area contributed by atoms with Crippen molar-refractivity contribution in [1.29, 1.82) is 0 Å². The smallest absolute Gasteiger partial charge is 0.228 e. The SMILES string of the molecule is COc1ccc(-n2ncc(C(C)NC(=O)C3(Cn4cccn4)CC3)c2C)cc1. The number of amides is 1. The molecular weight excluding hydrogens is 354 g/mol. The minimum absolute atomic E-state index is 0.0899. The molecule has 1 fully saturated rings. The van der Waals surface area contributed by atoms with Crippen molar-refractivity contribution < 1.29 is 9.53 Å². The zero-order valence-electron chi connectivity index (χ0n) is 16.4. The maximum Gasteiger partial charge on any atom is 0.228 e. The summed E-state index contributed by atoms with van der Waals surface area (Å²) >= 11 is 0. The topological polar surface area (TPSA) is 74.0 Å². The molecule has 0 spiro atoms. The second-order valence-electron chi connectivity index (χ2n) is 7.47. The average molecular weight is 379 g/mol. The Kier molecular flexibility index (Phi) is 4.66. The summed E-state index contributed by atoms with van der Waals surface area (Å²) < 4.78 is 8.93. The van der Waals surface area contributed by atoms with Crippen LogP contribution in [0.5, 0.6) is 5.75 Å². The van der Waals surface area contributed by atoms with Gasteiger partial charge in [0.1, 0.15) is 5.75 Å². The zero-order valence-corrected chi connectivity index (χ0v) is 16.4. The van der Waals surface area contributed by atoms with E-state index in [1.807, 2.05) is 65.9 Å². The average Bonchev–Trinajstić information content (AvgIpc) is 3.11. The van der Waals surface area contributed by atoms with Gasteiger partial charge in [-0.05, 0) is 57.0 Å². The van der Waals surface area contributed by atoms with Crippen LogP contribution < -0.4 is 10.1 Å². The molecular formula is C21H25N5O2. The minimum atomic E-state index is -0.333. The number of aromatic nitrogens is 4. The highest BCUT2D eigenvalue weighted by atomic mass is 16.5. The molecule has 1 N–H and O–H groups in total. The highest BCUT2D eigenvalue weighted by Crippen LogP contribution is 2.47. The van der Waals surface area contributed by atoms with E-state index >= 15 is 0 Å². The quantitative estimate of drug-likeness (QED) is 0.685. The summed E-state index contributed by atoms with van der Waals surface area (Å²) in [5, 5.41) is 11.9. The summed E-state index contributed by atoms with van der Waals surface area (Å²) in [7, 11) is 1.65. The number of benzene rings is 1. The van der Waals surface area contributed by atoms with Gasteiger partial charge in [0, 0.05) is 23.7 Å². The molecule has 7 nitrogen and oxygen atoms in total. The fourth-order valence-electron chi connectivity index (χ4n) is 3.57. The molecule has 1 aliphatic carbocycles. The molecule has 1 aromatic carbocycles. The molecule has 4 rings (SSSR count). The minimum Gasteiger partial charge on any atom is -0.497 e. The first-order chi connectivity index (χ1) is 13.5. The van der Waals surface area contributed by atoms with Crippen LogP contribution in [0.3, 0.4) is 0 Å². The molecule has 146 valence electrons. The van der Waals surface area contributed by atoms with E-state index in [1.165, 1.54) is 0 Å². The highest BCUT2D eigenvalue weighted by Gasteiger charge is 2.50. The van der Waals surface area contributed by atoms with Gasteiger partial charge in [0.25, 0.3) is 0 Å². The lowest BCUT2D eigenvalue weighted by Gasteiger charge is -2.20. The summed E-state index contributed by atoms with van der Waals surface area (Å²) in [6, 6.07) is 9.52. The molecule has 1 aliphatic rings. The third kappa shape index (κ3) is 3.40. The standard InChI is InChI=1S/C21H25N5O2/c1-15(24-20(27)21(9-10-21)14-25-12-4-11-22-25)19-13-23-26(16(19)2)17-5-7-18(28-3)8-6-17/h4-8,11-13,15H,9-10,14H2,1-3H3,(H,24,27). The molecule has 1 amide bonds. The first kappa shape index (κ1) is 18.3. The number of hydrogen-bond donors (Lipinski definition) is 1. The van der Waals surface area contributed by atoms with Crippen LogP contribution in [0.25, 0.3) is 5.69 Å². The van der Waals surface area contributed by atoms with E-state index in [1.54, 1.807) is 13.3 Å². The summed E-state index contributed by atoms with van der Waals surface area (Å²) in [4.78, 5) is 12.9. The van der Waals surface area contributed by atoms with Crippen LogP contribution in [0.15, 0.2) is 48.9 Å². The second-order valence-corrected chi connectivity index (χ2v) is 7.47. The van der Waals surface area contributed by atoms with Crippen LogP contribution in [0.2, 0.25) is 0 Å². The fraction of sp³-hybridized carbons (Fsp3) is 0.381. The maximum absolute atomic E-state index is 12.9. The summed E-state index contributed by atoms with van der Waals surface area (Å²) in [5.41, 5.74) is 2.65. The lowest BCUT2D eigenvalue weighted by atomic mass is 10.0. The molecule has 1 unspecified atom stereocenters. The van der Waals surface area contributed by atoms with Crippen molar-refractivity contribution in [3.8, 4) is 11.4 Å². The Balaban J connectivity index is 1.47. The van der Waals surface area contributed by atoms with Gasteiger partial charge in [-0.3, -0.25) is 9.48 Å². The Morgan fingerprint density at radius 2 is 2.04 bits per heavy atom. The van der Waals surface area contributed by atoms with E-state index in [4.69, 9.17) is 4.74 Å². The highest BCUT2D eigenvalue weighted by molar-refractivity contribution is 5.85. The Hall–Kier alpha value is -3.09. The molecule has 3 aromatic rings. The van der Waals surface area contributed by atoms with Crippen molar-refractivity contribution in [3.63, 3.8) is 0 Å². The van der Waals surface area contributed by atoms with E-state index < -0.39 is 0 Å². The number of nitrogens with zero attached hydrogens (tertiary/aromatic N) is 4. The van der Waals surface area contributed by atoms with Crippen LogP contribution in [-0.4, -0.2) is 32.6 Å². The lowest BCUT2D eigenvalue weighted by Crippen LogP contribution is -2.36. The number of carbonyl (C=O) groups excluding carboxylic acids is 1. The van der Waals surface area contributed by atoms with Gasteiger partial charge in [0.05, 0.1) is 37.0 Å². The molecule has 0 saturated heterocycles. The van der Waals surface area contributed by atoms with E-state index in [2.05, 4.69) is 15.5 Å². The van der Waals surface area contributed by atoms with E-state index in [-0.39, 0.29) is 17.4 Å². The molecule has 1 saturated carbocycles. The molecule has 1 atom stereocenters. The molecule has 2 aromatic heterocycles. The van der Waals surface area contributed by atoms with Gasteiger partial charge in [-0.25, -0.2) is 4.68 Å². The van der Waals surface area contributed by atoms with Crippen molar-refractivity contribution in [2.45, 2.75) is 39.3 Å². The van der Waals surface area contributed by atoms with Crippen molar-refractivity contribution >= 4 is 5.91 Å². The van der Waals surface area contributed by atoms with Gasteiger partial charge in [-0.1, -0.05) is 0 Å². The molecule has 0 radical (unpaired) electrons. The number of nitrogens with one attached hydrogen (secondary N) is 1. The third-order valence-corrected chi connectivity index (χ3v) is 5.54. The van der Waals surface area contributed by atoms with Crippen molar-refractivity contribution in [2.24, 2.45) is 5.41 Å². The molecule has 28 heavy (non-hydrogen) atoms. The van der Waals surface area contributed by atoms with Gasteiger partial charge in [-0.2, -0.15) is 10.2 Å². The molecule has 0 aliphatic heterocycles. The van der Waals surface area contributed by atoms with Gasteiger partial charge >= 0.3 is 0 Å². The van der Waals surface area contributed by atoms with E-state index in [0.717, 1.165) is 35.5 Å². The largest absolute Gasteiger partial charge is 0.497 e. The van der Waals surface area contributed by atoms with Gasteiger partial charge in [0.2, 0.25) is 5.91 Å². The van der Waals surface area contributed by atoms with Crippen molar-refractivity contribution in [1.82, 2.24) is 24.9 Å². The Morgan fingerprint density at radius 1 is 1.29 bits per heavy atom. The zero-order chi connectivity index (χ0) is 19.7. The number of carbonyl (C=O) groups is 1. The second kappa shape index (κ2) is 7.14. The van der Waals surface area contributed by atoms with Gasteiger partial charge in [-0.15, -0.1) is 0 Å². The van der Waals surface area contributed by atoms with Gasteiger partial charge in [0.15, 0.2) is 0 Å². The molecule has 2 heterocycles. The van der Waals surface area contributed by atoms with Crippen LogP contribution in [0.4, 0.5) is 0 Å². The molecule has 7 heteroatoms. The third-order valence-electron chi connectivity index (χ3n) is 5.54. The van der Waals surface area contributed by atoms with Crippen molar-refractivity contribution in [2.75, 3.05) is 7.11 Å². The van der Waals surface area contributed by atoms with Crippen LogP contribution in [-0.2, 0) is 11.3 Å². The van der Waals surface area contributed by atoms with Crippen LogP contribution in [0.1, 0.15) is 37.1 Å². The van der Waals surface area contributed by atoms with E-state index in [0.29, 0.717) is 6.54 Å². The van der Waals surface area contributed by atoms with E-state index in [9.17, 15) is 4.79 Å². The lowest BCUT2D eigenvalue weighted by molar-refractivity contribution is -0.127. The maximum atomic E-state index is 12.9. The number of hydrogen-bond acceptors (Lipinski definition) is 4. The number of methoxy groups -OCH3 is 1. The predicted octanol–water partition coefficient (Wildman–Crippen LogP) is 3.04. The molecule has 0 bridgehead atoms. The van der Waals surface area contributed by atoms with Crippen LogP contribution in [0, 0.1) is 12.3 Å².